The second-order valence-corrected chi connectivity index (χ2v) is 6.39. The number of fused-ring (bicyclic) bond motifs is 1. The van der Waals surface area contributed by atoms with E-state index in [1.165, 1.54) is 0 Å². The Labute approximate surface area is 144 Å². The quantitative estimate of drug-likeness (QED) is 0.745. The zero-order valence-corrected chi connectivity index (χ0v) is 14.4. The number of aryl methyl sites for hydroxylation is 1. The lowest BCUT2D eigenvalue weighted by atomic mass is 10.2. The summed E-state index contributed by atoms with van der Waals surface area (Å²) in [6.45, 7) is 7.41. The summed E-state index contributed by atoms with van der Waals surface area (Å²) in [5, 5.41) is 7.74. The fraction of sp³-hybridized carbons (Fsp3) is 0.412. The van der Waals surface area contributed by atoms with E-state index in [0.29, 0.717) is 11.2 Å². The Morgan fingerprint density at radius 3 is 2.60 bits per heavy atom. The third-order valence-electron chi connectivity index (χ3n) is 4.76. The first-order chi connectivity index (χ1) is 12.1. The molecule has 1 aromatic carbocycles. The molecule has 0 aliphatic carbocycles. The molecule has 8 nitrogen and oxygen atoms in total. The lowest BCUT2D eigenvalue weighted by molar-refractivity contribution is 0.191. The average molecular weight is 339 g/mol. The van der Waals surface area contributed by atoms with Crippen LogP contribution in [0.4, 0.5) is 5.95 Å². The minimum Gasteiger partial charge on any atom is -0.337 e. The van der Waals surface area contributed by atoms with Gasteiger partial charge in [0.15, 0.2) is 0 Å². The molecule has 2 N–H and O–H groups in total. The van der Waals surface area contributed by atoms with E-state index in [9.17, 15) is 4.79 Å². The first kappa shape index (κ1) is 15.8. The highest BCUT2D eigenvalue weighted by atomic mass is 16.1. The van der Waals surface area contributed by atoms with E-state index >= 15 is 0 Å². The van der Waals surface area contributed by atoms with Crippen LogP contribution < -0.4 is 10.5 Å². The number of hydrogen-bond acceptors (Lipinski definition) is 6. The highest BCUT2D eigenvalue weighted by Crippen LogP contribution is 2.20. The van der Waals surface area contributed by atoms with Gasteiger partial charge >= 0.3 is 0 Å². The number of anilines is 1. The van der Waals surface area contributed by atoms with Gasteiger partial charge in [0.25, 0.3) is 5.56 Å². The normalized spacial score (nSPS) is 17.1. The number of aromatic nitrogens is 5. The topological polar surface area (TPSA) is 93.8 Å². The van der Waals surface area contributed by atoms with Crippen molar-refractivity contribution in [3.05, 3.63) is 46.3 Å². The molecule has 1 fully saturated rings. The smallest absolute Gasteiger partial charge is 0.258 e. The zero-order valence-electron chi connectivity index (χ0n) is 14.4. The molecule has 25 heavy (non-hydrogen) atoms. The summed E-state index contributed by atoms with van der Waals surface area (Å²) in [6.07, 6.45) is 0. The summed E-state index contributed by atoms with van der Waals surface area (Å²) in [6, 6.07) is 7.48. The fourth-order valence-corrected chi connectivity index (χ4v) is 3.26. The fourth-order valence-electron chi connectivity index (χ4n) is 3.26. The highest BCUT2D eigenvalue weighted by molar-refractivity contribution is 5.77. The molecule has 8 heteroatoms. The highest BCUT2D eigenvalue weighted by Gasteiger charge is 2.25. The van der Waals surface area contributed by atoms with Crippen LogP contribution >= 0.6 is 0 Å². The predicted molar refractivity (Wildman–Crippen MR) is 95.7 cm³/mol. The molecule has 3 aromatic rings. The first-order valence-corrected chi connectivity index (χ1v) is 8.49. The minimum absolute atomic E-state index is 0.0494. The number of aromatic amines is 2. The Bertz CT molecular complexity index is 939. The Morgan fingerprint density at radius 1 is 1.12 bits per heavy atom. The summed E-state index contributed by atoms with van der Waals surface area (Å²) in [5.41, 5.74) is 0.658. The van der Waals surface area contributed by atoms with Crippen molar-refractivity contribution in [1.82, 2.24) is 30.0 Å². The molecule has 0 radical (unpaired) electrons. The first-order valence-electron chi connectivity index (χ1n) is 8.49. The molecule has 2 aromatic heterocycles. The molecule has 0 spiro atoms. The van der Waals surface area contributed by atoms with E-state index in [1.54, 1.807) is 6.07 Å². The Kier molecular flexibility index (Phi) is 3.96. The van der Waals surface area contributed by atoms with Gasteiger partial charge in [0.2, 0.25) is 5.95 Å². The molecule has 1 aliphatic heterocycles. The van der Waals surface area contributed by atoms with Crippen molar-refractivity contribution < 1.29 is 0 Å². The number of nitrogens with one attached hydrogen (secondary N) is 2. The van der Waals surface area contributed by atoms with E-state index in [2.05, 4.69) is 41.9 Å². The molecule has 1 aliphatic rings. The van der Waals surface area contributed by atoms with Crippen LogP contribution in [0.5, 0.6) is 0 Å². The number of benzene rings is 1. The van der Waals surface area contributed by atoms with Crippen LogP contribution in [0.15, 0.2) is 29.1 Å². The summed E-state index contributed by atoms with van der Waals surface area (Å²) < 4.78 is 0. The largest absolute Gasteiger partial charge is 0.337 e. The molecule has 1 unspecified atom stereocenters. The van der Waals surface area contributed by atoms with E-state index in [4.69, 9.17) is 0 Å². The van der Waals surface area contributed by atoms with Crippen molar-refractivity contribution in [3.8, 4) is 0 Å². The van der Waals surface area contributed by atoms with Gasteiger partial charge in [-0.25, -0.2) is 4.98 Å². The SMILES string of the molecule is Cc1nc(N2CCN(C(C)c3nc4ccccc4c(=O)[nH]3)CC2)n[nH]1. The van der Waals surface area contributed by atoms with Crippen LogP contribution in [0.25, 0.3) is 10.9 Å². The van der Waals surface area contributed by atoms with Gasteiger partial charge in [-0.2, -0.15) is 4.98 Å². The number of piperazine rings is 1. The van der Waals surface area contributed by atoms with E-state index in [1.807, 2.05) is 25.1 Å². The molecule has 0 saturated carbocycles. The zero-order chi connectivity index (χ0) is 17.4. The second kappa shape index (κ2) is 6.29. The van der Waals surface area contributed by atoms with E-state index < -0.39 is 0 Å². The van der Waals surface area contributed by atoms with Gasteiger partial charge in [-0.3, -0.25) is 14.8 Å². The van der Waals surface area contributed by atoms with Gasteiger partial charge in [0.05, 0.1) is 16.9 Å². The predicted octanol–water partition coefficient (Wildman–Crippen LogP) is 1.23. The molecule has 4 rings (SSSR count). The van der Waals surface area contributed by atoms with Crippen molar-refractivity contribution in [1.29, 1.82) is 0 Å². The molecule has 1 atom stereocenters. The number of para-hydroxylation sites is 1. The molecular formula is C17H21N7O. The molecule has 0 amide bonds. The minimum atomic E-state index is -0.0812. The monoisotopic (exact) mass is 339 g/mol. The summed E-state index contributed by atoms with van der Waals surface area (Å²) in [5.74, 6) is 2.29. The van der Waals surface area contributed by atoms with Crippen molar-refractivity contribution in [2.45, 2.75) is 19.9 Å². The van der Waals surface area contributed by atoms with Crippen molar-refractivity contribution in [3.63, 3.8) is 0 Å². The van der Waals surface area contributed by atoms with Crippen molar-refractivity contribution in [2.75, 3.05) is 31.1 Å². The van der Waals surface area contributed by atoms with Crippen LogP contribution in [0.2, 0.25) is 0 Å². The van der Waals surface area contributed by atoms with Crippen LogP contribution in [0, 0.1) is 6.92 Å². The molecular weight excluding hydrogens is 318 g/mol. The van der Waals surface area contributed by atoms with Gasteiger partial charge in [-0.15, -0.1) is 5.10 Å². The number of hydrogen-bond donors (Lipinski definition) is 2. The standard InChI is InChI=1S/C17H21N7O/c1-11(15-19-14-6-4-3-5-13(14)16(25)20-15)23-7-9-24(10-8-23)17-18-12(2)21-22-17/h3-6,11H,7-10H2,1-2H3,(H,18,21,22)(H,19,20,25). The number of H-pyrrole nitrogens is 2. The van der Waals surface area contributed by atoms with Crippen LogP contribution in [0.1, 0.15) is 24.6 Å². The lowest BCUT2D eigenvalue weighted by Crippen LogP contribution is -2.48. The number of rotatable bonds is 3. The second-order valence-electron chi connectivity index (χ2n) is 6.39. The van der Waals surface area contributed by atoms with Crippen LogP contribution in [0.3, 0.4) is 0 Å². The van der Waals surface area contributed by atoms with Crippen LogP contribution in [-0.4, -0.2) is 56.2 Å². The Balaban J connectivity index is 1.50. The average Bonchev–Trinajstić information content (AvgIpc) is 3.07. The maximum absolute atomic E-state index is 12.3. The van der Waals surface area contributed by atoms with Gasteiger partial charge in [0, 0.05) is 26.2 Å². The van der Waals surface area contributed by atoms with E-state index in [0.717, 1.165) is 43.5 Å². The van der Waals surface area contributed by atoms with Gasteiger partial charge in [0.1, 0.15) is 11.6 Å². The van der Waals surface area contributed by atoms with E-state index in [-0.39, 0.29) is 11.6 Å². The molecule has 130 valence electrons. The van der Waals surface area contributed by atoms with Crippen LogP contribution in [-0.2, 0) is 0 Å². The molecule has 3 heterocycles. The van der Waals surface area contributed by atoms with Gasteiger partial charge in [-0.05, 0) is 26.0 Å². The van der Waals surface area contributed by atoms with Crippen molar-refractivity contribution >= 4 is 16.9 Å². The maximum Gasteiger partial charge on any atom is 0.258 e. The molecule has 0 bridgehead atoms. The van der Waals surface area contributed by atoms with Gasteiger partial charge < -0.3 is 9.88 Å². The summed E-state index contributed by atoms with van der Waals surface area (Å²) in [4.78, 5) is 28.8. The Morgan fingerprint density at radius 2 is 1.88 bits per heavy atom. The van der Waals surface area contributed by atoms with Crippen molar-refractivity contribution in [2.24, 2.45) is 0 Å². The maximum atomic E-state index is 12.3. The number of nitrogens with zero attached hydrogens (tertiary/aromatic N) is 5. The molecule has 1 saturated heterocycles. The van der Waals surface area contributed by atoms with Gasteiger partial charge in [-0.1, -0.05) is 12.1 Å². The third-order valence-corrected chi connectivity index (χ3v) is 4.76. The summed E-state index contributed by atoms with van der Waals surface area (Å²) >= 11 is 0. The summed E-state index contributed by atoms with van der Waals surface area (Å²) in [7, 11) is 0. The Hall–Kier alpha value is -2.74. The third kappa shape index (κ3) is 3.00. The lowest BCUT2D eigenvalue weighted by Gasteiger charge is -2.37.